The quantitative estimate of drug-likeness (QED) is 0.365. The van der Waals surface area contributed by atoms with Gasteiger partial charge in [0.1, 0.15) is 18.1 Å². The first-order valence-corrected chi connectivity index (χ1v) is 12.9. The molecule has 3 aromatic carbocycles. The van der Waals surface area contributed by atoms with E-state index in [1.165, 1.54) is 40.7 Å². The molecule has 0 saturated carbocycles. The predicted molar refractivity (Wildman–Crippen MR) is 141 cm³/mol. The minimum Gasteiger partial charge on any atom is -0.492 e. The molecule has 182 valence electrons. The molecule has 0 bridgehead atoms. The highest BCUT2D eigenvalue weighted by atomic mass is 16.5. The second kappa shape index (κ2) is 10.7. The Morgan fingerprint density at radius 3 is 2.60 bits per heavy atom. The van der Waals surface area contributed by atoms with Gasteiger partial charge in [-0.25, -0.2) is 0 Å². The van der Waals surface area contributed by atoms with E-state index in [4.69, 9.17) is 9.47 Å². The van der Waals surface area contributed by atoms with Crippen molar-refractivity contribution >= 4 is 6.29 Å². The SMILES string of the molecule is Cc1c(COc2cc(OCC3CCCN(C)C3)c(C=O)c3c2CCC3)cccc1-c1ccccc1. The molecule has 1 heterocycles. The Labute approximate surface area is 208 Å². The molecule has 1 aliphatic carbocycles. The third kappa shape index (κ3) is 5.13. The summed E-state index contributed by atoms with van der Waals surface area (Å²) in [5, 5.41) is 0. The van der Waals surface area contributed by atoms with Crippen LogP contribution in [0.5, 0.6) is 11.5 Å². The first-order chi connectivity index (χ1) is 17.1. The summed E-state index contributed by atoms with van der Waals surface area (Å²) < 4.78 is 12.7. The molecule has 5 rings (SSSR count). The van der Waals surface area contributed by atoms with Crippen LogP contribution in [0.4, 0.5) is 0 Å². The van der Waals surface area contributed by atoms with Gasteiger partial charge in [0.25, 0.3) is 0 Å². The standard InChI is InChI=1S/C31H35NO3/c1-22-25(12-6-13-26(22)24-10-4-3-5-11-24)21-35-30-17-31(29(19-33)27-14-7-15-28(27)30)34-20-23-9-8-16-32(2)18-23/h3-6,10-13,17,19,23H,7-9,14-16,18,20-21H2,1-2H3. The Hall–Kier alpha value is -3.11. The van der Waals surface area contributed by atoms with Crippen LogP contribution in [0.15, 0.2) is 54.6 Å². The van der Waals surface area contributed by atoms with E-state index in [-0.39, 0.29) is 0 Å². The fourth-order valence-corrected chi connectivity index (χ4v) is 5.67. The number of benzene rings is 3. The van der Waals surface area contributed by atoms with Crippen molar-refractivity contribution in [1.29, 1.82) is 0 Å². The van der Waals surface area contributed by atoms with Gasteiger partial charge in [-0.1, -0.05) is 48.5 Å². The number of carbonyl (C=O) groups is 1. The van der Waals surface area contributed by atoms with Crippen molar-refractivity contribution < 1.29 is 14.3 Å². The molecular formula is C31H35NO3. The smallest absolute Gasteiger partial charge is 0.154 e. The molecule has 1 unspecified atom stereocenters. The summed E-state index contributed by atoms with van der Waals surface area (Å²) >= 11 is 0. The van der Waals surface area contributed by atoms with E-state index in [0.717, 1.165) is 55.5 Å². The van der Waals surface area contributed by atoms with Crippen LogP contribution < -0.4 is 9.47 Å². The molecule has 0 spiro atoms. The zero-order chi connectivity index (χ0) is 24.2. The monoisotopic (exact) mass is 469 g/mol. The third-order valence-corrected chi connectivity index (χ3v) is 7.60. The molecular weight excluding hydrogens is 434 g/mol. The molecule has 0 aromatic heterocycles. The van der Waals surface area contributed by atoms with E-state index in [0.29, 0.717) is 24.9 Å². The predicted octanol–water partition coefficient (Wildman–Crippen LogP) is 6.26. The number of nitrogens with zero attached hydrogens (tertiary/aromatic N) is 1. The van der Waals surface area contributed by atoms with Crippen molar-refractivity contribution in [3.63, 3.8) is 0 Å². The molecule has 1 fully saturated rings. The number of likely N-dealkylation sites (tertiary alicyclic amines) is 1. The Morgan fingerprint density at radius 1 is 0.971 bits per heavy atom. The largest absolute Gasteiger partial charge is 0.492 e. The summed E-state index contributed by atoms with van der Waals surface area (Å²) in [6, 6.07) is 18.9. The lowest BCUT2D eigenvalue weighted by atomic mass is 9.97. The maximum absolute atomic E-state index is 12.1. The highest BCUT2D eigenvalue weighted by Gasteiger charge is 2.25. The van der Waals surface area contributed by atoms with Crippen LogP contribution in [-0.2, 0) is 19.4 Å². The number of hydrogen-bond acceptors (Lipinski definition) is 4. The summed E-state index contributed by atoms with van der Waals surface area (Å²) in [4.78, 5) is 14.4. The van der Waals surface area contributed by atoms with Crippen molar-refractivity contribution in [1.82, 2.24) is 4.90 Å². The van der Waals surface area contributed by atoms with E-state index in [9.17, 15) is 4.79 Å². The maximum atomic E-state index is 12.1. The maximum Gasteiger partial charge on any atom is 0.154 e. The van der Waals surface area contributed by atoms with Crippen LogP contribution in [0.1, 0.15) is 51.9 Å². The molecule has 1 saturated heterocycles. The van der Waals surface area contributed by atoms with Crippen LogP contribution >= 0.6 is 0 Å². The lowest BCUT2D eigenvalue weighted by Crippen LogP contribution is -2.34. The number of piperidine rings is 1. The van der Waals surface area contributed by atoms with Crippen LogP contribution in [0, 0.1) is 12.8 Å². The van der Waals surface area contributed by atoms with Gasteiger partial charge in [0.2, 0.25) is 0 Å². The van der Waals surface area contributed by atoms with Crippen molar-refractivity contribution in [2.45, 2.75) is 45.6 Å². The van der Waals surface area contributed by atoms with E-state index in [2.05, 4.69) is 61.3 Å². The Bertz CT molecular complexity index is 1190. The molecule has 0 amide bonds. The van der Waals surface area contributed by atoms with Crippen molar-refractivity contribution in [2.75, 3.05) is 26.7 Å². The Kier molecular flexibility index (Phi) is 7.19. The molecule has 0 radical (unpaired) electrons. The van der Waals surface area contributed by atoms with Crippen molar-refractivity contribution in [3.8, 4) is 22.6 Å². The van der Waals surface area contributed by atoms with Gasteiger partial charge in [-0.15, -0.1) is 0 Å². The molecule has 4 nitrogen and oxygen atoms in total. The second-order valence-corrected chi connectivity index (χ2v) is 10.0. The number of hydrogen-bond donors (Lipinski definition) is 0. The molecule has 35 heavy (non-hydrogen) atoms. The molecule has 3 aromatic rings. The molecule has 0 N–H and O–H groups in total. The number of carbonyl (C=O) groups excluding carboxylic acids is 1. The fraction of sp³-hybridized carbons (Fsp3) is 0.387. The minimum atomic E-state index is 0.492. The normalized spacial score (nSPS) is 17.7. The lowest BCUT2D eigenvalue weighted by Gasteiger charge is -2.29. The average Bonchev–Trinajstić information content (AvgIpc) is 3.37. The lowest BCUT2D eigenvalue weighted by molar-refractivity contribution is 0.111. The molecule has 1 atom stereocenters. The van der Waals surface area contributed by atoms with Gasteiger partial charge in [0, 0.05) is 18.5 Å². The average molecular weight is 470 g/mol. The summed E-state index contributed by atoms with van der Waals surface area (Å²) in [7, 11) is 2.17. The van der Waals surface area contributed by atoms with Gasteiger partial charge in [-0.2, -0.15) is 0 Å². The van der Waals surface area contributed by atoms with Crippen molar-refractivity contribution in [3.05, 3.63) is 82.4 Å². The number of aldehydes is 1. The van der Waals surface area contributed by atoms with E-state index in [1.807, 2.05) is 12.1 Å². The number of fused-ring (bicyclic) bond motifs is 1. The number of rotatable bonds is 8. The van der Waals surface area contributed by atoms with Gasteiger partial charge in [-0.3, -0.25) is 4.79 Å². The van der Waals surface area contributed by atoms with E-state index >= 15 is 0 Å². The van der Waals surface area contributed by atoms with Gasteiger partial charge in [0.05, 0.1) is 12.2 Å². The zero-order valence-electron chi connectivity index (χ0n) is 20.9. The minimum absolute atomic E-state index is 0.492. The van der Waals surface area contributed by atoms with Crippen LogP contribution in [0.25, 0.3) is 11.1 Å². The first-order valence-electron chi connectivity index (χ1n) is 12.9. The second-order valence-electron chi connectivity index (χ2n) is 10.0. The van der Waals surface area contributed by atoms with Gasteiger partial charge < -0.3 is 14.4 Å². The van der Waals surface area contributed by atoms with Gasteiger partial charge >= 0.3 is 0 Å². The van der Waals surface area contributed by atoms with Crippen molar-refractivity contribution in [2.24, 2.45) is 5.92 Å². The summed E-state index contributed by atoms with van der Waals surface area (Å²) in [6.45, 7) is 5.49. The summed E-state index contributed by atoms with van der Waals surface area (Å²) in [6.07, 6.45) is 6.25. The molecule has 2 aliphatic rings. The highest BCUT2D eigenvalue weighted by molar-refractivity contribution is 5.84. The van der Waals surface area contributed by atoms with Crippen LogP contribution in [0.3, 0.4) is 0 Å². The molecule has 4 heteroatoms. The third-order valence-electron chi connectivity index (χ3n) is 7.60. The van der Waals surface area contributed by atoms with Gasteiger partial charge in [0.15, 0.2) is 6.29 Å². The fourth-order valence-electron chi connectivity index (χ4n) is 5.67. The van der Waals surface area contributed by atoms with Crippen LogP contribution in [-0.4, -0.2) is 37.9 Å². The zero-order valence-corrected chi connectivity index (χ0v) is 20.9. The first kappa shape index (κ1) is 23.6. The Balaban J connectivity index is 1.38. The molecule has 1 aliphatic heterocycles. The van der Waals surface area contributed by atoms with E-state index < -0.39 is 0 Å². The Morgan fingerprint density at radius 2 is 1.80 bits per heavy atom. The summed E-state index contributed by atoms with van der Waals surface area (Å²) in [5.41, 5.74) is 7.86. The van der Waals surface area contributed by atoms with Crippen LogP contribution in [0.2, 0.25) is 0 Å². The van der Waals surface area contributed by atoms with E-state index in [1.54, 1.807) is 0 Å². The topological polar surface area (TPSA) is 38.8 Å². The number of ether oxygens (including phenoxy) is 2. The van der Waals surface area contributed by atoms with Gasteiger partial charge in [-0.05, 0) is 86.0 Å². The summed E-state index contributed by atoms with van der Waals surface area (Å²) in [5.74, 6) is 2.04. The highest BCUT2D eigenvalue weighted by Crippen LogP contribution is 2.39.